The maximum absolute atomic E-state index is 5.33. The summed E-state index contributed by atoms with van der Waals surface area (Å²) in [5.41, 5.74) is 6.47. The van der Waals surface area contributed by atoms with Gasteiger partial charge in [0.05, 0.1) is 13.2 Å². The number of likely N-dealkylation sites (N-methyl/N-ethyl adjacent to an activating group) is 1. The van der Waals surface area contributed by atoms with E-state index in [1.165, 1.54) is 0 Å². The van der Waals surface area contributed by atoms with Crippen LogP contribution in [0.5, 0.6) is 0 Å². The first kappa shape index (κ1) is 13.1. The zero-order valence-corrected chi connectivity index (χ0v) is 9.93. The van der Waals surface area contributed by atoms with Crippen LogP contribution in [0.25, 0.3) is 0 Å². The van der Waals surface area contributed by atoms with Crippen molar-refractivity contribution < 1.29 is 4.74 Å². The average molecular weight is 223 g/mol. The minimum atomic E-state index is 0.595. The molecule has 90 valence electrons. The third-order valence-corrected chi connectivity index (χ3v) is 2.36. The van der Waals surface area contributed by atoms with Crippen LogP contribution in [0.3, 0.4) is 0 Å². The summed E-state index contributed by atoms with van der Waals surface area (Å²) in [5, 5.41) is 0. The summed E-state index contributed by atoms with van der Waals surface area (Å²) in [4.78, 5) is 6.53. The van der Waals surface area contributed by atoms with Crippen molar-refractivity contribution in [2.45, 2.75) is 6.42 Å². The molecular weight excluding hydrogens is 202 g/mol. The Kier molecular flexibility index (Phi) is 6.72. The molecule has 2 N–H and O–H groups in total. The zero-order valence-electron chi connectivity index (χ0n) is 9.93. The van der Waals surface area contributed by atoms with E-state index in [1.54, 1.807) is 0 Å². The highest BCUT2D eigenvalue weighted by atomic mass is 16.5. The number of ether oxygens (including phenoxy) is 1. The van der Waals surface area contributed by atoms with Gasteiger partial charge in [0, 0.05) is 37.9 Å². The van der Waals surface area contributed by atoms with Crippen molar-refractivity contribution in [3.63, 3.8) is 0 Å². The van der Waals surface area contributed by atoms with E-state index >= 15 is 0 Å². The van der Waals surface area contributed by atoms with Crippen LogP contribution in [-0.4, -0.2) is 49.8 Å². The summed E-state index contributed by atoms with van der Waals surface area (Å²) < 4.78 is 5.32. The van der Waals surface area contributed by atoms with Crippen LogP contribution in [0, 0.1) is 0 Å². The fraction of sp³-hybridized carbons (Fsp3) is 0.583. The second kappa shape index (κ2) is 8.21. The molecule has 1 aromatic rings. The lowest BCUT2D eigenvalue weighted by Gasteiger charge is -2.15. The summed E-state index contributed by atoms with van der Waals surface area (Å²) in [6.45, 7) is 3.93. The monoisotopic (exact) mass is 223 g/mol. The molecule has 0 spiro atoms. The number of pyridine rings is 1. The fourth-order valence-corrected chi connectivity index (χ4v) is 1.37. The summed E-state index contributed by atoms with van der Waals surface area (Å²) in [7, 11) is 2.09. The van der Waals surface area contributed by atoms with Crippen molar-refractivity contribution in [1.29, 1.82) is 0 Å². The Morgan fingerprint density at radius 2 is 2.19 bits per heavy atom. The van der Waals surface area contributed by atoms with Crippen LogP contribution in [0.15, 0.2) is 24.4 Å². The number of hydrogen-bond donors (Lipinski definition) is 1. The zero-order chi connectivity index (χ0) is 11.6. The molecule has 0 unspecified atom stereocenters. The van der Waals surface area contributed by atoms with Crippen LogP contribution in [0.4, 0.5) is 0 Å². The van der Waals surface area contributed by atoms with E-state index < -0.39 is 0 Å². The second-order valence-corrected chi connectivity index (χ2v) is 3.78. The van der Waals surface area contributed by atoms with Crippen molar-refractivity contribution in [3.05, 3.63) is 30.1 Å². The fourth-order valence-electron chi connectivity index (χ4n) is 1.37. The van der Waals surface area contributed by atoms with Gasteiger partial charge in [-0.05, 0) is 19.2 Å². The number of nitrogens with two attached hydrogens (primary N) is 1. The van der Waals surface area contributed by atoms with Gasteiger partial charge in [0.25, 0.3) is 0 Å². The van der Waals surface area contributed by atoms with E-state index in [0.717, 1.165) is 31.8 Å². The summed E-state index contributed by atoms with van der Waals surface area (Å²) in [5.74, 6) is 0. The predicted molar refractivity (Wildman–Crippen MR) is 65.3 cm³/mol. The first-order chi connectivity index (χ1) is 7.83. The number of aromatic nitrogens is 1. The van der Waals surface area contributed by atoms with Gasteiger partial charge in [0.1, 0.15) is 0 Å². The van der Waals surface area contributed by atoms with E-state index in [4.69, 9.17) is 10.5 Å². The molecule has 0 aromatic carbocycles. The van der Waals surface area contributed by atoms with E-state index in [0.29, 0.717) is 13.2 Å². The van der Waals surface area contributed by atoms with Gasteiger partial charge in [0.2, 0.25) is 0 Å². The Morgan fingerprint density at radius 3 is 2.88 bits per heavy atom. The Hall–Kier alpha value is -0.970. The second-order valence-electron chi connectivity index (χ2n) is 3.78. The number of hydrogen-bond acceptors (Lipinski definition) is 4. The first-order valence-corrected chi connectivity index (χ1v) is 5.69. The molecule has 0 atom stereocenters. The number of rotatable bonds is 8. The van der Waals surface area contributed by atoms with Crippen molar-refractivity contribution >= 4 is 0 Å². The lowest BCUT2D eigenvalue weighted by Crippen LogP contribution is -2.26. The van der Waals surface area contributed by atoms with Crippen LogP contribution >= 0.6 is 0 Å². The normalized spacial score (nSPS) is 10.9. The lowest BCUT2D eigenvalue weighted by molar-refractivity contribution is 0.118. The highest BCUT2D eigenvalue weighted by Gasteiger charge is 1.99. The Balaban J connectivity index is 2.08. The maximum Gasteiger partial charge on any atom is 0.0593 e. The third-order valence-electron chi connectivity index (χ3n) is 2.36. The quantitative estimate of drug-likeness (QED) is 0.653. The standard InChI is InChI=1S/C12H21N3O/c1-15(9-11-16-10-6-13)8-5-12-4-2-3-7-14-12/h2-4,7H,5-6,8-11,13H2,1H3. The van der Waals surface area contributed by atoms with Gasteiger partial charge in [-0.25, -0.2) is 0 Å². The van der Waals surface area contributed by atoms with Crippen molar-refractivity contribution in [1.82, 2.24) is 9.88 Å². The third kappa shape index (κ3) is 5.80. The summed E-state index contributed by atoms with van der Waals surface area (Å²) in [6.07, 6.45) is 2.81. The molecule has 4 nitrogen and oxygen atoms in total. The summed E-state index contributed by atoms with van der Waals surface area (Å²) in [6, 6.07) is 6.01. The molecule has 0 amide bonds. The molecular formula is C12H21N3O. The molecule has 0 saturated carbocycles. The molecule has 1 heterocycles. The first-order valence-electron chi connectivity index (χ1n) is 5.69. The maximum atomic E-state index is 5.33. The van der Waals surface area contributed by atoms with E-state index in [-0.39, 0.29) is 0 Å². The molecule has 0 bridgehead atoms. The molecule has 1 aromatic heterocycles. The van der Waals surface area contributed by atoms with Crippen molar-refractivity contribution in [3.8, 4) is 0 Å². The molecule has 0 fully saturated rings. The molecule has 0 aliphatic carbocycles. The molecule has 4 heteroatoms. The van der Waals surface area contributed by atoms with Gasteiger partial charge >= 0.3 is 0 Å². The predicted octanol–water partition coefficient (Wildman–Crippen LogP) is 0.531. The molecule has 0 aliphatic rings. The minimum absolute atomic E-state index is 0.595. The molecule has 0 saturated heterocycles. The van der Waals surface area contributed by atoms with E-state index in [1.807, 2.05) is 18.3 Å². The highest BCUT2D eigenvalue weighted by molar-refractivity contribution is 5.03. The van der Waals surface area contributed by atoms with Gasteiger partial charge < -0.3 is 15.4 Å². The average Bonchev–Trinajstić information content (AvgIpc) is 2.33. The topological polar surface area (TPSA) is 51.4 Å². The van der Waals surface area contributed by atoms with E-state index in [2.05, 4.69) is 23.0 Å². The Labute approximate surface area is 97.4 Å². The van der Waals surface area contributed by atoms with Gasteiger partial charge in [-0.1, -0.05) is 6.07 Å². The van der Waals surface area contributed by atoms with Gasteiger partial charge in [-0.2, -0.15) is 0 Å². The molecule has 0 aliphatic heterocycles. The van der Waals surface area contributed by atoms with Crippen LogP contribution in [0.2, 0.25) is 0 Å². The summed E-state index contributed by atoms with van der Waals surface area (Å²) >= 11 is 0. The van der Waals surface area contributed by atoms with Crippen molar-refractivity contribution in [2.75, 3.05) is 39.9 Å². The lowest BCUT2D eigenvalue weighted by atomic mass is 10.2. The Morgan fingerprint density at radius 1 is 1.31 bits per heavy atom. The van der Waals surface area contributed by atoms with Crippen LogP contribution in [-0.2, 0) is 11.2 Å². The van der Waals surface area contributed by atoms with Crippen LogP contribution < -0.4 is 5.73 Å². The van der Waals surface area contributed by atoms with Crippen molar-refractivity contribution in [2.24, 2.45) is 5.73 Å². The molecule has 1 rings (SSSR count). The molecule has 16 heavy (non-hydrogen) atoms. The molecule has 0 radical (unpaired) electrons. The minimum Gasteiger partial charge on any atom is -0.379 e. The largest absolute Gasteiger partial charge is 0.379 e. The Bertz CT molecular complexity index is 266. The smallest absolute Gasteiger partial charge is 0.0593 e. The van der Waals surface area contributed by atoms with Crippen LogP contribution in [0.1, 0.15) is 5.69 Å². The van der Waals surface area contributed by atoms with Gasteiger partial charge in [-0.3, -0.25) is 4.98 Å². The van der Waals surface area contributed by atoms with Gasteiger partial charge in [0.15, 0.2) is 0 Å². The van der Waals surface area contributed by atoms with E-state index in [9.17, 15) is 0 Å². The number of nitrogens with zero attached hydrogens (tertiary/aromatic N) is 2. The SMILES string of the molecule is CN(CCOCCN)CCc1ccccn1. The highest BCUT2D eigenvalue weighted by Crippen LogP contribution is 1.96. The van der Waals surface area contributed by atoms with Gasteiger partial charge in [-0.15, -0.1) is 0 Å².